The predicted octanol–water partition coefficient (Wildman–Crippen LogP) is 2.35. The molecule has 1 atom stereocenters. The molecule has 0 saturated carbocycles. The predicted molar refractivity (Wildman–Crippen MR) is 96.8 cm³/mol. The molecule has 3 aromatic rings. The Morgan fingerprint density at radius 2 is 1.85 bits per heavy atom. The normalized spacial score (nSPS) is 12.6. The number of carbonyl (C=O) groups excluding carboxylic acids is 1. The van der Waals surface area contributed by atoms with Crippen molar-refractivity contribution in [3.8, 4) is 5.75 Å². The van der Waals surface area contributed by atoms with E-state index >= 15 is 0 Å². The van der Waals surface area contributed by atoms with Crippen molar-refractivity contribution < 1.29 is 22.9 Å². The molecule has 0 aliphatic carbocycles. The van der Waals surface area contributed by atoms with E-state index in [0.717, 1.165) is 29.8 Å². The number of fused-ring (bicyclic) bond motifs is 1. The van der Waals surface area contributed by atoms with Crippen molar-refractivity contribution in [1.82, 2.24) is 9.71 Å². The van der Waals surface area contributed by atoms with Crippen molar-refractivity contribution in [2.75, 3.05) is 0 Å². The van der Waals surface area contributed by atoms with Crippen LogP contribution in [0.2, 0.25) is 0 Å². The molecule has 3 rings (SSSR count). The Bertz CT molecular complexity index is 1110. The van der Waals surface area contributed by atoms with Gasteiger partial charge in [0.15, 0.2) is 5.75 Å². The average Bonchev–Trinajstić information content (AvgIpc) is 3.04. The van der Waals surface area contributed by atoms with Crippen LogP contribution in [-0.2, 0) is 14.8 Å². The number of carbonyl (C=O) groups is 1. The number of aromatic nitrogens is 1. The van der Waals surface area contributed by atoms with E-state index in [9.17, 15) is 23.3 Å². The van der Waals surface area contributed by atoms with E-state index in [1.54, 1.807) is 12.1 Å². The maximum atomic E-state index is 12.3. The number of para-hydroxylation sites is 1. The molecule has 1 aromatic heterocycles. The molecule has 0 unspecified atom stereocenters. The lowest BCUT2D eigenvalue weighted by Gasteiger charge is -2.13. The van der Waals surface area contributed by atoms with Gasteiger partial charge in [-0.2, -0.15) is 4.72 Å². The van der Waals surface area contributed by atoms with Gasteiger partial charge in [0.2, 0.25) is 10.0 Å². The molecule has 1 heterocycles. The Kier molecular flexibility index (Phi) is 4.93. The van der Waals surface area contributed by atoms with Gasteiger partial charge in [-0.3, -0.25) is 10.1 Å². The molecular formula is C17H15N3O6S. The number of hydrogen-bond donors (Lipinski definition) is 2. The van der Waals surface area contributed by atoms with Crippen molar-refractivity contribution in [1.29, 1.82) is 0 Å². The Balaban J connectivity index is 1.72. The summed E-state index contributed by atoms with van der Waals surface area (Å²) < 4.78 is 32.2. The zero-order chi connectivity index (χ0) is 19.6. The number of nitro groups is 1. The molecule has 27 heavy (non-hydrogen) atoms. The fraction of sp³-hybridized carbons (Fsp3) is 0.118. The SMILES string of the molecule is C[C@H](NS(=O)(=O)c1ccc([N+](=O)[O-])cc1)C(=O)Oc1c[nH]c2ccccc12. The van der Waals surface area contributed by atoms with E-state index < -0.39 is 27.0 Å². The fourth-order valence-corrected chi connectivity index (χ4v) is 3.61. The van der Waals surface area contributed by atoms with Crippen LogP contribution in [0.25, 0.3) is 10.9 Å². The van der Waals surface area contributed by atoms with Crippen LogP contribution in [0.15, 0.2) is 59.6 Å². The molecule has 0 saturated heterocycles. The van der Waals surface area contributed by atoms with Crippen molar-refractivity contribution >= 4 is 32.6 Å². The van der Waals surface area contributed by atoms with Crippen molar-refractivity contribution in [3.63, 3.8) is 0 Å². The Morgan fingerprint density at radius 3 is 2.52 bits per heavy atom. The molecule has 0 radical (unpaired) electrons. The number of benzene rings is 2. The summed E-state index contributed by atoms with van der Waals surface area (Å²) in [6.07, 6.45) is 1.51. The number of nitrogens with one attached hydrogen (secondary N) is 2. The molecule has 0 amide bonds. The maximum absolute atomic E-state index is 12.3. The number of esters is 1. The fourth-order valence-electron chi connectivity index (χ4n) is 2.42. The third kappa shape index (κ3) is 3.96. The summed E-state index contributed by atoms with van der Waals surface area (Å²) in [7, 11) is -4.05. The van der Waals surface area contributed by atoms with Gasteiger partial charge in [0.25, 0.3) is 5.69 Å². The van der Waals surface area contributed by atoms with E-state index in [1.165, 1.54) is 13.1 Å². The first-order valence-electron chi connectivity index (χ1n) is 7.82. The summed E-state index contributed by atoms with van der Waals surface area (Å²) in [6, 6.07) is 10.4. The van der Waals surface area contributed by atoms with Crippen LogP contribution in [0.1, 0.15) is 6.92 Å². The molecule has 9 nitrogen and oxygen atoms in total. The zero-order valence-corrected chi connectivity index (χ0v) is 14.9. The summed E-state index contributed by atoms with van der Waals surface area (Å²) in [6.45, 7) is 1.35. The summed E-state index contributed by atoms with van der Waals surface area (Å²) in [4.78, 5) is 25.0. The largest absolute Gasteiger partial charge is 0.423 e. The second kappa shape index (κ2) is 7.17. The minimum Gasteiger partial charge on any atom is -0.423 e. The van der Waals surface area contributed by atoms with Crippen LogP contribution in [0, 0.1) is 10.1 Å². The van der Waals surface area contributed by atoms with E-state index in [0.29, 0.717) is 5.39 Å². The number of rotatable bonds is 6. The van der Waals surface area contributed by atoms with Crippen molar-refractivity contribution in [2.45, 2.75) is 17.9 Å². The van der Waals surface area contributed by atoms with Crippen LogP contribution in [0.4, 0.5) is 5.69 Å². The van der Waals surface area contributed by atoms with E-state index in [1.807, 2.05) is 12.1 Å². The summed E-state index contributed by atoms with van der Waals surface area (Å²) in [5.74, 6) is -0.498. The molecule has 10 heteroatoms. The highest BCUT2D eigenvalue weighted by molar-refractivity contribution is 7.89. The highest BCUT2D eigenvalue weighted by Gasteiger charge is 2.24. The summed E-state index contributed by atoms with van der Waals surface area (Å²) in [5, 5.41) is 11.3. The topological polar surface area (TPSA) is 131 Å². The van der Waals surface area contributed by atoms with Crippen LogP contribution in [0.5, 0.6) is 5.75 Å². The Labute approximate surface area is 154 Å². The van der Waals surface area contributed by atoms with Gasteiger partial charge in [-0.25, -0.2) is 13.2 Å². The van der Waals surface area contributed by atoms with Crippen molar-refractivity contribution in [3.05, 3.63) is 64.8 Å². The van der Waals surface area contributed by atoms with E-state index in [2.05, 4.69) is 9.71 Å². The number of aromatic amines is 1. The zero-order valence-electron chi connectivity index (χ0n) is 14.1. The first-order valence-corrected chi connectivity index (χ1v) is 9.31. The van der Waals surface area contributed by atoms with Crippen LogP contribution in [-0.4, -0.2) is 30.3 Å². The van der Waals surface area contributed by atoms with Gasteiger partial charge in [-0.15, -0.1) is 0 Å². The minimum absolute atomic E-state index is 0.195. The second-order valence-electron chi connectivity index (χ2n) is 5.71. The van der Waals surface area contributed by atoms with Gasteiger partial charge in [0.05, 0.1) is 9.82 Å². The van der Waals surface area contributed by atoms with E-state index in [-0.39, 0.29) is 16.3 Å². The molecule has 0 aliphatic heterocycles. The average molecular weight is 389 g/mol. The first kappa shape index (κ1) is 18.5. The van der Waals surface area contributed by atoms with Gasteiger partial charge in [0, 0.05) is 29.2 Å². The van der Waals surface area contributed by atoms with Gasteiger partial charge < -0.3 is 9.72 Å². The summed E-state index contributed by atoms with van der Waals surface area (Å²) in [5.41, 5.74) is 0.542. The number of H-pyrrole nitrogens is 1. The highest BCUT2D eigenvalue weighted by atomic mass is 32.2. The lowest BCUT2D eigenvalue weighted by Crippen LogP contribution is -2.40. The lowest BCUT2D eigenvalue weighted by molar-refractivity contribution is -0.384. The number of ether oxygens (including phenoxy) is 1. The third-order valence-electron chi connectivity index (χ3n) is 3.81. The minimum atomic E-state index is -4.05. The first-order chi connectivity index (χ1) is 12.8. The standard InChI is InChI=1S/C17H15N3O6S/c1-11(17(21)26-16-10-18-15-5-3-2-4-14(15)16)19-27(24,25)13-8-6-12(7-9-13)20(22)23/h2-11,18-19H,1H3/t11-/m0/s1. The monoisotopic (exact) mass is 389 g/mol. The van der Waals surface area contributed by atoms with Gasteiger partial charge in [-0.1, -0.05) is 12.1 Å². The number of non-ortho nitro benzene ring substituents is 1. The van der Waals surface area contributed by atoms with Gasteiger partial charge >= 0.3 is 5.97 Å². The van der Waals surface area contributed by atoms with Gasteiger partial charge in [-0.05, 0) is 31.2 Å². The number of hydrogen-bond acceptors (Lipinski definition) is 6. The Morgan fingerprint density at radius 1 is 1.19 bits per heavy atom. The molecule has 0 fully saturated rings. The molecule has 0 aliphatic rings. The maximum Gasteiger partial charge on any atom is 0.329 e. The van der Waals surface area contributed by atoms with Crippen LogP contribution in [0.3, 0.4) is 0 Å². The molecule has 2 N–H and O–H groups in total. The van der Waals surface area contributed by atoms with E-state index in [4.69, 9.17) is 4.74 Å². The number of nitrogens with zero attached hydrogens (tertiary/aromatic N) is 1. The quantitative estimate of drug-likeness (QED) is 0.378. The third-order valence-corrected chi connectivity index (χ3v) is 5.36. The molecule has 0 bridgehead atoms. The van der Waals surface area contributed by atoms with Crippen molar-refractivity contribution in [2.24, 2.45) is 0 Å². The second-order valence-corrected chi connectivity index (χ2v) is 7.43. The number of sulfonamides is 1. The van der Waals surface area contributed by atoms with Gasteiger partial charge in [0.1, 0.15) is 6.04 Å². The summed E-state index contributed by atoms with van der Waals surface area (Å²) >= 11 is 0. The molecule has 2 aromatic carbocycles. The Hall–Kier alpha value is -3.24. The molecule has 140 valence electrons. The molecular weight excluding hydrogens is 374 g/mol. The highest BCUT2D eigenvalue weighted by Crippen LogP contribution is 2.25. The molecule has 0 spiro atoms. The number of nitro benzene ring substituents is 1. The lowest BCUT2D eigenvalue weighted by atomic mass is 10.2. The van der Waals surface area contributed by atoms with Crippen LogP contribution >= 0.6 is 0 Å². The van der Waals surface area contributed by atoms with Crippen LogP contribution < -0.4 is 9.46 Å². The smallest absolute Gasteiger partial charge is 0.329 e.